The lowest BCUT2D eigenvalue weighted by Gasteiger charge is -2.33. The van der Waals surface area contributed by atoms with E-state index in [1.807, 2.05) is 20.8 Å². The monoisotopic (exact) mass is 247 g/mol. The lowest BCUT2D eigenvalue weighted by molar-refractivity contribution is 0.0760. The fraction of sp³-hybridized carbons (Fsp3) is 0.900. The Bertz CT molecular complexity index is 237. The number of hydrogen-bond donors (Lipinski definition) is 2. The van der Waals surface area contributed by atoms with Crippen molar-refractivity contribution in [2.45, 2.75) is 45.4 Å². The van der Waals surface area contributed by atoms with Gasteiger partial charge in [-0.05, 0) is 39.8 Å². The molecule has 1 atom stereocenters. The molecule has 1 unspecified atom stereocenters. The Balaban J connectivity index is 4.12. The van der Waals surface area contributed by atoms with Crippen LogP contribution in [0.3, 0.4) is 0 Å². The van der Waals surface area contributed by atoms with Crippen LogP contribution in [0.15, 0.2) is 4.99 Å². The molecule has 6 heteroatoms. The van der Waals surface area contributed by atoms with Crippen molar-refractivity contribution in [2.75, 3.05) is 13.7 Å². The average Bonchev–Trinajstić information content (AvgIpc) is 2.09. The molecule has 0 bridgehead atoms. The van der Waals surface area contributed by atoms with Gasteiger partial charge in [0.2, 0.25) is 0 Å². The highest BCUT2D eigenvalue weighted by Crippen LogP contribution is 2.22. The molecule has 0 rings (SSSR count). The Morgan fingerprint density at radius 3 is 2.25 bits per heavy atom. The van der Waals surface area contributed by atoms with Gasteiger partial charge in [0.1, 0.15) is 0 Å². The maximum Gasteiger partial charge on any atom is 0.335 e. The summed E-state index contributed by atoms with van der Waals surface area (Å²) in [5, 5.41) is 0. The average molecular weight is 247 g/mol. The second-order valence-electron chi connectivity index (χ2n) is 4.96. The minimum absolute atomic E-state index is 0.137. The van der Waals surface area contributed by atoms with Crippen molar-refractivity contribution in [3.05, 3.63) is 0 Å². The van der Waals surface area contributed by atoms with E-state index < -0.39 is 8.56 Å². The molecular weight excluding hydrogens is 222 g/mol. The molecule has 0 amide bonds. The third kappa shape index (κ3) is 7.67. The zero-order valence-corrected chi connectivity index (χ0v) is 12.0. The summed E-state index contributed by atoms with van der Waals surface area (Å²) in [6.07, 6.45) is 0.880. The lowest BCUT2D eigenvalue weighted by Crippen LogP contribution is -2.44. The first-order valence-electron chi connectivity index (χ1n) is 5.49. The van der Waals surface area contributed by atoms with Crippen molar-refractivity contribution in [2.24, 2.45) is 16.5 Å². The Hall–Kier alpha value is -0.593. The summed E-state index contributed by atoms with van der Waals surface area (Å²) in [7, 11) is -0.375. The van der Waals surface area contributed by atoms with Gasteiger partial charge in [0, 0.05) is 13.7 Å². The van der Waals surface area contributed by atoms with E-state index in [1.54, 1.807) is 7.11 Å². The van der Waals surface area contributed by atoms with Crippen molar-refractivity contribution in [1.29, 1.82) is 0 Å². The number of aliphatic imine (C=N–C) groups is 1. The first kappa shape index (κ1) is 15.4. The van der Waals surface area contributed by atoms with E-state index in [2.05, 4.69) is 11.5 Å². The van der Waals surface area contributed by atoms with E-state index in [9.17, 15) is 0 Å². The van der Waals surface area contributed by atoms with Crippen molar-refractivity contribution < 1.29 is 8.85 Å². The van der Waals surface area contributed by atoms with Crippen LogP contribution in [-0.4, -0.2) is 33.8 Å². The summed E-state index contributed by atoms with van der Waals surface area (Å²) in [6.45, 7) is 8.80. The van der Waals surface area contributed by atoms with Crippen LogP contribution in [0.4, 0.5) is 0 Å². The van der Waals surface area contributed by atoms with Crippen LogP contribution in [0.25, 0.3) is 0 Å². The van der Waals surface area contributed by atoms with E-state index in [4.69, 9.17) is 20.3 Å². The molecule has 0 spiro atoms. The van der Waals surface area contributed by atoms with Crippen LogP contribution in [0, 0.1) is 0 Å². The second-order valence-corrected chi connectivity index (χ2v) is 8.34. The van der Waals surface area contributed by atoms with Gasteiger partial charge >= 0.3 is 8.56 Å². The summed E-state index contributed by atoms with van der Waals surface area (Å²) in [6, 6.07) is 0.886. The third-order valence-corrected chi connectivity index (χ3v) is 5.21. The van der Waals surface area contributed by atoms with Gasteiger partial charge in [0.15, 0.2) is 5.96 Å². The van der Waals surface area contributed by atoms with Gasteiger partial charge in [-0.15, -0.1) is 0 Å². The summed E-state index contributed by atoms with van der Waals surface area (Å²) >= 11 is 0. The summed E-state index contributed by atoms with van der Waals surface area (Å²) in [5.74, 6) is 0.137. The van der Waals surface area contributed by atoms with Crippen molar-refractivity contribution in [1.82, 2.24) is 0 Å². The normalized spacial score (nSPS) is 15.6. The van der Waals surface area contributed by atoms with Gasteiger partial charge in [0.05, 0.1) is 5.60 Å². The number of rotatable bonds is 6. The van der Waals surface area contributed by atoms with Gasteiger partial charge in [-0.2, -0.15) is 0 Å². The van der Waals surface area contributed by atoms with Crippen LogP contribution >= 0.6 is 0 Å². The molecule has 0 saturated heterocycles. The van der Waals surface area contributed by atoms with Crippen molar-refractivity contribution in [3.63, 3.8) is 0 Å². The largest absolute Gasteiger partial charge is 0.398 e. The highest BCUT2D eigenvalue weighted by Gasteiger charge is 2.34. The quantitative estimate of drug-likeness (QED) is 0.319. The molecule has 0 radical (unpaired) electrons. The molecule has 0 fully saturated rings. The lowest BCUT2D eigenvalue weighted by atomic mass is 10.2. The Morgan fingerprint density at radius 2 is 1.88 bits per heavy atom. The molecule has 0 aromatic heterocycles. The van der Waals surface area contributed by atoms with Gasteiger partial charge < -0.3 is 20.3 Å². The van der Waals surface area contributed by atoms with Crippen LogP contribution in [0.1, 0.15) is 27.2 Å². The number of guanidine groups is 1. The molecule has 5 nitrogen and oxygen atoms in total. The smallest absolute Gasteiger partial charge is 0.335 e. The van der Waals surface area contributed by atoms with E-state index >= 15 is 0 Å². The second kappa shape index (κ2) is 6.22. The number of hydrogen-bond acceptors (Lipinski definition) is 3. The van der Waals surface area contributed by atoms with E-state index in [1.165, 1.54) is 0 Å². The maximum atomic E-state index is 5.99. The molecule has 0 heterocycles. The van der Waals surface area contributed by atoms with Crippen molar-refractivity contribution in [3.8, 4) is 0 Å². The van der Waals surface area contributed by atoms with Gasteiger partial charge in [0.25, 0.3) is 0 Å². The van der Waals surface area contributed by atoms with E-state index in [0.717, 1.165) is 12.5 Å². The Morgan fingerprint density at radius 1 is 1.31 bits per heavy atom. The topological polar surface area (TPSA) is 82.9 Å². The SMILES string of the molecule is CO[Si](C)(CCCN=C(N)N)OC(C)(C)C. The molecule has 16 heavy (non-hydrogen) atoms. The molecule has 0 aliphatic rings. The molecule has 4 N–H and O–H groups in total. The van der Waals surface area contributed by atoms with Crippen LogP contribution in [0.2, 0.25) is 12.6 Å². The van der Waals surface area contributed by atoms with Crippen LogP contribution in [-0.2, 0) is 8.85 Å². The standard InChI is InChI=1S/C10H25N3O2Si/c1-10(2,3)15-16(5,14-4)8-6-7-13-9(11)12/h6-8H2,1-5H3,(H4,11,12,13). The molecule has 0 aliphatic heterocycles. The molecular formula is C10H25N3O2Si. The van der Waals surface area contributed by atoms with Gasteiger partial charge in [-0.1, -0.05) is 0 Å². The summed E-state index contributed by atoms with van der Waals surface area (Å²) < 4.78 is 11.5. The highest BCUT2D eigenvalue weighted by atomic mass is 28.4. The predicted octanol–water partition coefficient (Wildman–Crippen LogP) is 1.18. The molecule has 0 saturated carbocycles. The fourth-order valence-electron chi connectivity index (χ4n) is 1.45. The zero-order valence-electron chi connectivity index (χ0n) is 11.0. The van der Waals surface area contributed by atoms with E-state index in [-0.39, 0.29) is 11.6 Å². The highest BCUT2D eigenvalue weighted by molar-refractivity contribution is 6.66. The van der Waals surface area contributed by atoms with Gasteiger partial charge in [-0.3, -0.25) is 4.99 Å². The molecule has 0 aromatic rings. The minimum Gasteiger partial charge on any atom is -0.398 e. The molecule has 0 aromatic carbocycles. The Kier molecular flexibility index (Phi) is 5.99. The summed E-state index contributed by atoms with van der Waals surface area (Å²) in [5.41, 5.74) is 10.3. The van der Waals surface area contributed by atoms with Crippen molar-refractivity contribution >= 4 is 14.5 Å². The molecule has 96 valence electrons. The van der Waals surface area contributed by atoms with Crippen LogP contribution in [0.5, 0.6) is 0 Å². The maximum absolute atomic E-state index is 5.99. The minimum atomic E-state index is -2.08. The van der Waals surface area contributed by atoms with E-state index in [0.29, 0.717) is 6.54 Å². The third-order valence-electron chi connectivity index (χ3n) is 2.04. The first-order valence-corrected chi connectivity index (χ1v) is 8.01. The van der Waals surface area contributed by atoms with Crippen LogP contribution < -0.4 is 11.5 Å². The fourth-order valence-corrected chi connectivity index (χ4v) is 3.94. The van der Waals surface area contributed by atoms with Gasteiger partial charge in [-0.25, -0.2) is 0 Å². The zero-order chi connectivity index (χ0) is 12.8. The number of nitrogens with two attached hydrogens (primary N) is 2. The summed E-state index contributed by atoms with van der Waals surface area (Å²) in [4.78, 5) is 3.94. The molecule has 0 aliphatic carbocycles. The number of nitrogens with zero attached hydrogens (tertiary/aromatic N) is 1. The Labute approximate surface area is 99.5 Å². The predicted molar refractivity (Wildman–Crippen MR) is 69.6 cm³/mol. The first-order chi connectivity index (χ1) is 7.18.